The number of aliphatic hydroxyl groups is 1. The summed E-state index contributed by atoms with van der Waals surface area (Å²) in [5, 5.41) is 58.2. The molecular weight excluding hydrogens is 1760 g/mol. The molecule has 12 aromatic rings. The Balaban J connectivity index is 0.000000159. The van der Waals surface area contributed by atoms with Gasteiger partial charge in [-0.3, -0.25) is 28.8 Å². The van der Waals surface area contributed by atoms with Gasteiger partial charge in [0.25, 0.3) is 35.4 Å². The number of carboxylic acid groups (broad SMARTS) is 3. The fourth-order valence-electron chi connectivity index (χ4n) is 14.5. The minimum absolute atomic E-state index is 0.00754. The van der Waals surface area contributed by atoms with Crippen molar-refractivity contribution in [2.75, 3.05) is 31.6 Å². The molecular formula is C85H74Cl6N10O20S2. The fourth-order valence-corrected chi connectivity index (χ4v) is 18.3. The number of pyridine rings is 2. The quantitative estimate of drug-likeness (QED) is 0.0304. The fraction of sp³-hybridized carbons (Fsp3) is 0.235. The number of imidazole rings is 1. The molecule has 6 aromatic carbocycles. The van der Waals surface area contributed by atoms with Gasteiger partial charge < -0.3 is 74.4 Å². The Morgan fingerprint density at radius 3 is 1.59 bits per heavy atom. The number of nitrogens with one attached hydrogen (secondary N) is 4. The van der Waals surface area contributed by atoms with E-state index in [2.05, 4.69) is 30.9 Å². The number of aliphatic hydroxyl groups excluding tert-OH is 1. The highest BCUT2D eigenvalue weighted by atomic mass is 35.5. The lowest BCUT2D eigenvalue weighted by Gasteiger charge is -2.30. The molecule has 638 valence electrons. The number of carbonyl (C=O) groups is 9. The Bertz CT molecular complexity index is 6500. The summed E-state index contributed by atoms with van der Waals surface area (Å²) in [6.07, 6.45) is 7.21. The van der Waals surface area contributed by atoms with E-state index in [9.17, 15) is 85.5 Å². The molecule has 30 nitrogen and oxygen atoms in total. The Morgan fingerprint density at radius 1 is 0.569 bits per heavy atom. The van der Waals surface area contributed by atoms with Crippen molar-refractivity contribution in [1.82, 2.24) is 50.0 Å². The van der Waals surface area contributed by atoms with E-state index < -0.39 is 79.5 Å². The number of nitrogens with zero attached hydrogens (tertiary/aromatic N) is 6. The molecule has 0 aliphatic carbocycles. The molecule has 3 aliphatic heterocycles. The third-order valence-corrected chi connectivity index (χ3v) is 25.8. The number of fused-ring (bicyclic) bond motifs is 6. The number of aromatic amines is 1. The van der Waals surface area contributed by atoms with E-state index in [0.29, 0.717) is 111 Å². The molecule has 9 N–H and O–H groups in total. The first kappa shape index (κ1) is 88.9. The number of hydrogen-bond donors (Lipinski definition) is 9. The average Bonchev–Trinajstić information content (AvgIpc) is 1.22. The summed E-state index contributed by atoms with van der Waals surface area (Å²) in [6, 6.07) is 31.5. The Morgan fingerprint density at radius 2 is 1.09 bits per heavy atom. The van der Waals surface area contributed by atoms with Crippen molar-refractivity contribution >= 4 is 170 Å². The van der Waals surface area contributed by atoms with Gasteiger partial charge in [-0.25, -0.2) is 41.2 Å². The average molecular weight is 1830 g/mol. The van der Waals surface area contributed by atoms with Crippen LogP contribution in [0.4, 0.5) is 0 Å². The van der Waals surface area contributed by atoms with Crippen LogP contribution in [0.15, 0.2) is 177 Å². The number of H-pyrrole nitrogens is 1. The zero-order chi connectivity index (χ0) is 88.4. The van der Waals surface area contributed by atoms with E-state index >= 15 is 0 Å². The lowest BCUT2D eigenvalue weighted by atomic mass is 9.95. The molecule has 9 heterocycles. The van der Waals surface area contributed by atoms with Gasteiger partial charge >= 0.3 is 17.9 Å². The van der Waals surface area contributed by atoms with Crippen LogP contribution in [-0.4, -0.2) is 180 Å². The molecule has 4 atom stereocenters. The van der Waals surface area contributed by atoms with Crippen LogP contribution in [0.3, 0.4) is 0 Å². The molecule has 0 saturated heterocycles. The van der Waals surface area contributed by atoms with Gasteiger partial charge in [-0.1, -0.05) is 119 Å². The summed E-state index contributed by atoms with van der Waals surface area (Å²) >= 11 is 39.3. The number of amides is 6. The predicted octanol–water partition coefficient (Wildman–Crippen LogP) is 12.7. The molecule has 6 amide bonds. The van der Waals surface area contributed by atoms with E-state index in [0.717, 1.165) is 17.0 Å². The van der Waals surface area contributed by atoms with Gasteiger partial charge in [-0.15, -0.1) is 0 Å². The third kappa shape index (κ3) is 19.8. The third-order valence-electron chi connectivity index (χ3n) is 20.9. The zero-order valence-electron chi connectivity index (χ0n) is 65.1. The highest BCUT2D eigenvalue weighted by molar-refractivity contribution is 7.91. The van der Waals surface area contributed by atoms with Crippen molar-refractivity contribution in [2.24, 2.45) is 0 Å². The van der Waals surface area contributed by atoms with Crippen LogP contribution in [0.2, 0.25) is 30.1 Å². The van der Waals surface area contributed by atoms with E-state index in [1.165, 1.54) is 43.3 Å². The number of benzene rings is 6. The van der Waals surface area contributed by atoms with Crippen LogP contribution >= 0.6 is 69.6 Å². The number of hydrogen-bond acceptors (Lipinski definition) is 19. The summed E-state index contributed by atoms with van der Waals surface area (Å²) in [4.78, 5) is 132. The van der Waals surface area contributed by atoms with Crippen molar-refractivity contribution in [3.05, 3.63) is 278 Å². The first-order valence-corrected chi connectivity index (χ1v) is 43.7. The molecule has 0 radical (unpaired) electrons. The van der Waals surface area contributed by atoms with Crippen molar-refractivity contribution < 1.29 is 94.4 Å². The van der Waals surface area contributed by atoms with Gasteiger partial charge in [-0.05, 0) is 167 Å². The van der Waals surface area contributed by atoms with Crippen LogP contribution in [0.5, 0.6) is 5.75 Å². The second-order valence-electron chi connectivity index (χ2n) is 29.2. The standard InChI is InChI=1S/C30H26Cl2N2O7S.C29H26Cl2N4O6.C26H22Cl2N4O7S/c1-2-42(39,40)21-5-3-4-17(12-21)13-24(30(37)38)33-28(35)26-23(31)14-20-16-34(10-8-22(20)27(26)32)29(36)19-7-6-18-9-11-41-25(18)15-19;1-15(36)17-5-2-4-16(10-17)11-21(29(40)41)33-27(38)24-20(30)12-18-13-35(9-7-19(18)25(24)31)28(39)22-14-34-8-3-6-23(37)26(34)32-22;1-40(37,38)20-5-4-15(39-20)11-19(26(35)36)31-24(33)21-17(27)9-14-12-32(8-6-16(14)22(21)28)25(34)18-10-13-3-2-7-29-23(13)30-18/h3-7,9,11-12,14-15,24H,2,8,10,13,16H2,1H3,(H,33,35)(H,37,38);2-6,8,10,12,14-15,21,36-37H,7,9,11,13H2,1H3,(H,33,38)(H,40,41);2-5,7,9-10,19H,6,8,11-12H2,1H3,(H,29,30)(H,31,33)(H,35,36)/t;15-,21-;19-/m.00/s1. The zero-order valence-corrected chi connectivity index (χ0v) is 71.3. The summed E-state index contributed by atoms with van der Waals surface area (Å²) in [5.41, 5.74) is 7.97. The van der Waals surface area contributed by atoms with Crippen LogP contribution in [-0.2, 0) is 92.2 Å². The maximum Gasteiger partial charge on any atom is 0.326 e. The summed E-state index contributed by atoms with van der Waals surface area (Å²) in [5.74, 6) is -7.06. The molecule has 6 aromatic heterocycles. The molecule has 0 fully saturated rings. The van der Waals surface area contributed by atoms with E-state index in [1.54, 1.807) is 130 Å². The van der Waals surface area contributed by atoms with Crippen LogP contribution in [0.25, 0.3) is 27.6 Å². The smallest absolute Gasteiger partial charge is 0.326 e. The topological polar surface area (TPSA) is 441 Å². The molecule has 0 bridgehead atoms. The minimum atomic E-state index is -3.62. The van der Waals surface area contributed by atoms with Gasteiger partial charge in [0, 0.05) is 99.7 Å². The van der Waals surface area contributed by atoms with Crippen LogP contribution < -0.4 is 16.0 Å². The normalized spacial score (nSPS) is 14.1. The molecule has 1 unspecified atom stereocenters. The van der Waals surface area contributed by atoms with Gasteiger partial charge in [-0.2, -0.15) is 0 Å². The number of carboxylic acids is 3. The van der Waals surface area contributed by atoms with E-state index in [1.807, 2.05) is 18.2 Å². The second-order valence-corrected chi connectivity index (χ2v) is 35.8. The largest absolute Gasteiger partial charge is 0.504 e. The monoisotopic (exact) mass is 1830 g/mol. The first-order chi connectivity index (χ1) is 58.4. The van der Waals surface area contributed by atoms with Crippen LogP contribution in [0.1, 0.15) is 138 Å². The van der Waals surface area contributed by atoms with Crippen molar-refractivity contribution in [2.45, 2.75) is 106 Å². The first-order valence-electron chi connectivity index (χ1n) is 37.9. The minimum Gasteiger partial charge on any atom is -0.504 e. The molecule has 0 saturated carbocycles. The highest BCUT2D eigenvalue weighted by Gasteiger charge is 2.36. The van der Waals surface area contributed by atoms with Crippen molar-refractivity contribution in [3.8, 4) is 5.75 Å². The van der Waals surface area contributed by atoms with Gasteiger partial charge in [0.2, 0.25) is 14.9 Å². The number of aromatic nitrogens is 4. The predicted molar refractivity (Wildman–Crippen MR) is 455 cm³/mol. The van der Waals surface area contributed by atoms with Gasteiger partial charge in [0.15, 0.2) is 21.2 Å². The molecule has 38 heteroatoms. The number of furan rings is 2. The molecule has 3 aliphatic rings. The van der Waals surface area contributed by atoms with Crippen molar-refractivity contribution in [3.63, 3.8) is 0 Å². The van der Waals surface area contributed by atoms with E-state index in [-0.39, 0.29) is 142 Å². The number of aliphatic carboxylic acids is 3. The number of sulfone groups is 2. The van der Waals surface area contributed by atoms with Gasteiger partial charge in [0.05, 0.1) is 69.8 Å². The lowest BCUT2D eigenvalue weighted by Crippen LogP contribution is -2.42. The summed E-state index contributed by atoms with van der Waals surface area (Å²) in [6.45, 7) is 4.70. The van der Waals surface area contributed by atoms with Crippen molar-refractivity contribution in [1.29, 1.82) is 0 Å². The second kappa shape index (κ2) is 37.1. The van der Waals surface area contributed by atoms with Gasteiger partial charge in [0.1, 0.15) is 46.5 Å². The molecule has 15 rings (SSSR count). The summed E-state index contributed by atoms with van der Waals surface area (Å²) < 4.78 is 60.0. The maximum absolute atomic E-state index is 13.3. The Hall–Kier alpha value is -11.9. The number of rotatable bonds is 22. The SMILES string of the molecule is CCS(=O)(=O)c1cccc(CC(NC(=O)c2c(Cl)cc3c(c2Cl)CCN(C(=O)c2ccc4ccoc4c2)C3)C(=O)O)c1.CS(=O)(=O)c1ccc(C[C@H](NC(=O)c2c(Cl)cc3c(c2Cl)CCN(C(=O)c2cc4cccnc4[nH]2)C3)C(=O)O)o1.C[C@H](O)c1cccc(C[C@H](NC(=O)c2c(Cl)cc3c(c2Cl)CCN(C(=O)c2cn4cccc(O)c4n2)C3)C(=O)O)c1. The number of aromatic hydroxyl groups is 1. The number of halogens is 6. The Labute approximate surface area is 731 Å². The van der Waals surface area contributed by atoms with E-state index in [4.69, 9.17) is 78.4 Å². The molecule has 123 heavy (non-hydrogen) atoms. The highest BCUT2D eigenvalue weighted by Crippen LogP contribution is 2.40. The number of carbonyl (C=O) groups excluding carboxylic acids is 6. The maximum atomic E-state index is 13.3. The Kier molecular flexibility index (Phi) is 26.8. The van der Waals surface area contributed by atoms with Crippen LogP contribution in [0, 0.1) is 0 Å². The summed E-state index contributed by atoms with van der Waals surface area (Å²) in [7, 11) is -7.11. The lowest BCUT2D eigenvalue weighted by molar-refractivity contribution is -0.140. The molecule has 0 spiro atoms.